The quantitative estimate of drug-likeness (QED) is 0.910. The first-order valence-corrected chi connectivity index (χ1v) is 7.68. The summed E-state index contributed by atoms with van der Waals surface area (Å²) in [5.74, 6) is 0.0286. The Hall–Kier alpha value is -1.81. The van der Waals surface area contributed by atoms with Crippen molar-refractivity contribution in [3.8, 4) is 0 Å². The monoisotopic (exact) mass is 303 g/mol. The Labute approximate surface area is 128 Å². The van der Waals surface area contributed by atoms with Gasteiger partial charge in [-0.25, -0.2) is 0 Å². The van der Waals surface area contributed by atoms with Crippen molar-refractivity contribution in [1.82, 2.24) is 10.3 Å². The van der Waals surface area contributed by atoms with Crippen LogP contribution in [0.1, 0.15) is 25.7 Å². The van der Waals surface area contributed by atoms with Crippen molar-refractivity contribution in [2.45, 2.75) is 31.7 Å². The van der Waals surface area contributed by atoms with Crippen molar-refractivity contribution < 1.29 is 4.79 Å². The fraction of sp³-hybridized carbons (Fsp3) is 0.375. The van der Waals surface area contributed by atoms with E-state index in [0.717, 1.165) is 29.4 Å². The first-order chi connectivity index (χ1) is 10.2. The van der Waals surface area contributed by atoms with Crippen LogP contribution in [0.4, 0.5) is 5.69 Å². The number of hydrogen-bond donors (Lipinski definition) is 2. The lowest BCUT2D eigenvalue weighted by Crippen LogP contribution is -2.36. The number of amides is 1. The third-order valence-electron chi connectivity index (χ3n) is 3.88. The number of carbonyl (C=O) groups excluding carboxylic acids is 1. The highest BCUT2D eigenvalue weighted by Crippen LogP contribution is 2.27. The summed E-state index contributed by atoms with van der Waals surface area (Å²) in [6, 6.07) is 7.81. The van der Waals surface area contributed by atoms with E-state index in [1.807, 2.05) is 24.3 Å². The van der Waals surface area contributed by atoms with Crippen LogP contribution in [0, 0.1) is 0 Å². The lowest BCUT2D eigenvalue weighted by molar-refractivity contribution is -0.120. The Bertz CT molecular complexity index is 653. The van der Waals surface area contributed by atoms with Crippen molar-refractivity contribution in [2.75, 3.05) is 11.9 Å². The van der Waals surface area contributed by atoms with E-state index in [0.29, 0.717) is 11.1 Å². The first-order valence-electron chi connectivity index (χ1n) is 7.30. The molecule has 0 radical (unpaired) electrons. The van der Waals surface area contributed by atoms with Gasteiger partial charge in [0.2, 0.25) is 5.91 Å². The number of anilines is 1. The molecule has 0 aliphatic heterocycles. The number of benzene rings is 1. The standard InChI is InChI=1S/C16H18ClN3O/c17-13-7-8-14(16-12(13)6-3-9-18-16)19-10-15(21)20-11-4-1-2-5-11/h3,6-9,11,19H,1-2,4-5,10H2,(H,20,21). The van der Waals surface area contributed by atoms with Gasteiger partial charge in [0.15, 0.2) is 0 Å². The minimum absolute atomic E-state index is 0.0286. The smallest absolute Gasteiger partial charge is 0.239 e. The van der Waals surface area contributed by atoms with Crippen LogP contribution in [0.3, 0.4) is 0 Å². The van der Waals surface area contributed by atoms with Crippen molar-refractivity contribution in [2.24, 2.45) is 0 Å². The number of halogens is 1. The summed E-state index contributed by atoms with van der Waals surface area (Å²) in [5.41, 5.74) is 1.62. The molecule has 1 fully saturated rings. The average Bonchev–Trinajstić information content (AvgIpc) is 3.00. The number of hydrogen-bond acceptors (Lipinski definition) is 3. The van der Waals surface area contributed by atoms with E-state index in [-0.39, 0.29) is 12.5 Å². The van der Waals surface area contributed by atoms with Crippen molar-refractivity contribution in [3.63, 3.8) is 0 Å². The van der Waals surface area contributed by atoms with E-state index in [2.05, 4.69) is 15.6 Å². The largest absolute Gasteiger partial charge is 0.374 e. The molecule has 5 heteroatoms. The molecule has 1 saturated carbocycles. The van der Waals surface area contributed by atoms with Crippen molar-refractivity contribution in [1.29, 1.82) is 0 Å². The topological polar surface area (TPSA) is 54.0 Å². The summed E-state index contributed by atoms with van der Waals surface area (Å²) in [4.78, 5) is 16.3. The molecule has 1 amide bonds. The molecule has 1 aliphatic carbocycles. The van der Waals surface area contributed by atoms with Crippen LogP contribution in [0.25, 0.3) is 10.9 Å². The van der Waals surface area contributed by atoms with E-state index in [4.69, 9.17) is 11.6 Å². The minimum Gasteiger partial charge on any atom is -0.374 e. The molecule has 1 heterocycles. The molecule has 2 N–H and O–H groups in total. The Morgan fingerprint density at radius 3 is 2.90 bits per heavy atom. The Morgan fingerprint density at radius 1 is 1.29 bits per heavy atom. The van der Waals surface area contributed by atoms with Gasteiger partial charge in [-0.15, -0.1) is 0 Å². The van der Waals surface area contributed by atoms with Gasteiger partial charge in [0.1, 0.15) is 0 Å². The van der Waals surface area contributed by atoms with Crippen LogP contribution in [-0.2, 0) is 4.79 Å². The second kappa shape index (κ2) is 6.31. The molecule has 0 bridgehead atoms. The molecule has 2 aromatic rings. The van der Waals surface area contributed by atoms with E-state index in [1.54, 1.807) is 6.20 Å². The van der Waals surface area contributed by atoms with Gasteiger partial charge in [0, 0.05) is 17.6 Å². The number of rotatable bonds is 4. The molecule has 1 aromatic heterocycles. The van der Waals surface area contributed by atoms with E-state index in [1.165, 1.54) is 12.8 Å². The zero-order chi connectivity index (χ0) is 14.7. The zero-order valence-electron chi connectivity index (χ0n) is 11.7. The molecule has 0 saturated heterocycles. The van der Waals surface area contributed by atoms with Crippen molar-refractivity contribution in [3.05, 3.63) is 35.5 Å². The fourth-order valence-corrected chi connectivity index (χ4v) is 3.02. The molecular formula is C16H18ClN3O. The van der Waals surface area contributed by atoms with Gasteiger partial charge >= 0.3 is 0 Å². The summed E-state index contributed by atoms with van der Waals surface area (Å²) in [6.07, 6.45) is 6.34. The lowest BCUT2D eigenvalue weighted by atomic mass is 10.2. The highest BCUT2D eigenvalue weighted by Gasteiger charge is 2.17. The maximum absolute atomic E-state index is 12.0. The molecule has 1 aliphatic rings. The highest BCUT2D eigenvalue weighted by atomic mass is 35.5. The second-order valence-corrected chi connectivity index (χ2v) is 5.80. The second-order valence-electron chi connectivity index (χ2n) is 5.40. The SMILES string of the molecule is O=C(CNc1ccc(Cl)c2cccnc12)NC1CCCC1. The number of nitrogens with zero attached hydrogens (tertiary/aromatic N) is 1. The lowest BCUT2D eigenvalue weighted by Gasteiger charge is -2.13. The van der Waals surface area contributed by atoms with Crippen LogP contribution < -0.4 is 10.6 Å². The Kier molecular flexibility index (Phi) is 4.25. The van der Waals surface area contributed by atoms with Crippen molar-refractivity contribution >= 4 is 34.1 Å². The molecule has 1 aromatic carbocycles. The normalized spacial score (nSPS) is 15.3. The number of nitrogens with one attached hydrogen (secondary N) is 2. The molecule has 4 nitrogen and oxygen atoms in total. The predicted octanol–water partition coefficient (Wildman–Crippen LogP) is 3.36. The molecular weight excluding hydrogens is 286 g/mol. The zero-order valence-corrected chi connectivity index (χ0v) is 12.5. The molecule has 3 rings (SSSR count). The van der Waals surface area contributed by atoms with Gasteiger partial charge in [-0.1, -0.05) is 24.4 Å². The van der Waals surface area contributed by atoms with Crippen LogP contribution in [0.2, 0.25) is 5.02 Å². The number of aromatic nitrogens is 1. The maximum atomic E-state index is 12.0. The average molecular weight is 304 g/mol. The molecule has 21 heavy (non-hydrogen) atoms. The number of pyridine rings is 1. The van der Waals surface area contributed by atoms with E-state index >= 15 is 0 Å². The maximum Gasteiger partial charge on any atom is 0.239 e. The van der Waals surface area contributed by atoms with E-state index < -0.39 is 0 Å². The van der Waals surface area contributed by atoms with Crippen LogP contribution in [0.5, 0.6) is 0 Å². The molecule has 0 atom stereocenters. The third-order valence-corrected chi connectivity index (χ3v) is 4.21. The van der Waals surface area contributed by atoms with E-state index in [9.17, 15) is 4.79 Å². The molecule has 0 unspecified atom stereocenters. The van der Waals surface area contributed by atoms with Crippen LogP contribution in [-0.4, -0.2) is 23.5 Å². The number of carbonyl (C=O) groups is 1. The van der Waals surface area contributed by atoms with Gasteiger partial charge in [-0.05, 0) is 37.1 Å². The summed E-state index contributed by atoms with van der Waals surface area (Å²) < 4.78 is 0. The van der Waals surface area contributed by atoms with Gasteiger partial charge < -0.3 is 10.6 Å². The summed E-state index contributed by atoms with van der Waals surface area (Å²) in [6.45, 7) is 0.254. The Morgan fingerprint density at radius 2 is 2.10 bits per heavy atom. The van der Waals surface area contributed by atoms with Crippen LogP contribution in [0.15, 0.2) is 30.5 Å². The Balaban J connectivity index is 1.67. The van der Waals surface area contributed by atoms with Crippen LogP contribution >= 0.6 is 11.6 Å². The summed E-state index contributed by atoms with van der Waals surface area (Å²) in [7, 11) is 0. The van der Waals surface area contributed by atoms with Gasteiger partial charge in [-0.3, -0.25) is 9.78 Å². The summed E-state index contributed by atoms with van der Waals surface area (Å²) >= 11 is 6.16. The third kappa shape index (κ3) is 3.27. The van der Waals surface area contributed by atoms with Gasteiger partial charge in [0.05, 0.1) is 22.8 Å². The summed E-state index contributed by atoms with van der Waals surface area (Å²) in [5, 5.41) is 7.77. The highest BCUT2D eigenvalue weighted by molar-refractivity contribution is 6.35. The predicted molar refractivity (Wildman–Crippen MR) is 85.6 cm³/mol. The first kappa shape index (κ1) is 14.1. The van der Waals surface area contributed by atoms with Gasteiger partial charge in [-0.2, -0.15) is 0 Å². The molecule has 0 spiro atoms. The minimum atomic E-state index is 0.0286. The number of fused-ring (bicyclic) bond motifs is 1. The molecule has 110 valence electrons. The van der Waals surface area contributed by atoms with Gasteiger partial charge in [0.25, 0.3) is 0 Å². The fourth-order valence-electron chi connectivity index (χ4n) is 2.80.